The first kappa shape index (κ1) is 14.0. The molecule has 4 nitrogen and oxygen atoms in total. The number of ether oxygens (including phenoxy) is 1. The average molecular weight is 267 g/mol. The van der Waals surface area contributed by atoms with Crippen LogP contribution in [-0.2, 0) is 0 Å². The lowest BCUT2D eigenvalue weighted by molar-refractivity contribution is 0.188. The van der Waals surface area contributed by atoms with Crippen LogP contribution in [0, 0.1) is 18.3 Å². The molecule has 0 aliphatic heterocycles. The molecule has 0 bridgehead atoms. The molecule has 0 radical (unpaired) electrons. The predicted octanol–water partition coefficient (Wildman–Crippen LogP) is 2.73. The van der Waals surface area contributed by atoms with E-state index in [1.807, 2.05) is 37.3 Å². The van der Waals surface area contributed by atoms with E-state index in [9.17, 15) is 0 Å². The van der Waals surface area contributed by atoms with Gasteiger partial charge in [0.2, 0.25) is 5.88 Å². The van der Waals surface area contributed by atoms with Gasteiger partial charge in [0, 0.05) is 12.1 Å². The van der Waals surface area contributed by atoms with E-state index in [4.69, 9.17) is 15.7 Å². The Balaban J connectivity index is 2.29. The third kappa shape index (κ3) is 3.34. The zero-order valence-corrected chi connectivity index (χ0v) is 11.4. The Morgan fingerprint density at radius 2 is 2.00 bits per heavy atom. The Bertz CT molecular complexity index is 605. The van der Waals surface area contributed by atoms with Gasteiger partial charge in [-0.1, -0.05) is 30.3 Å². The minimum atomic E-state index is -0.192. The van der Waals surface area contributed by atoms with E-state index in [0.717, 1.165) is 11.3 Å². The van der Waals surface area contributed by atoms with Crippen molar-refractivity contribution < 1.29 is 4.74 Å². The molecule has 2 aromatic rings. The maximum absolute atomic E-state index is 9.13. The summed E-state index contributed by atoms with van der Waals surface area (Å²) in [5.41, 5.74) is 7.94. The van der Waals surface area contributed by atoms with Gasteiger partial charge in [0.1, 0.15) is 17.7 Å². The van der Waals surface area contributed by atoms with Gasteiger partial charge >= 0.3 is 0 Å². The van der Waals surface area contributed by atoms with Crippen LogP contribution in [0.5, 0.6) is 5.88 Å². The molecule has 0 aliphatic rings. The van der Waals surface area contributed by atoms with Crippen molar-refractivity contribution in [2.24, 2.45) is 5.73 Å². The number of aromatic nitrogens is 1. The summed E-state index contributed by atoms with van der Waals surface area (Å²) in [7, 11) is 0. The van der Waals surface area contributed by atoms with Gasteiger partial charge < -0.3 is 10.5 Å². The maximum Gasteiger partial charge on any atom is 0.232 e. The zero-order chi connectivity index (χ0) is 14.4. The summed E-state index contributed by atoms with van der Waals surface area (Å²) in [4.78, 5) is 4.31. The smallest absolute Gasteiger partial charge is 0.232 e. The molecule has 0 fully saturated rings. The van der Waals surface area contributed by atoms with E-state index >= 15 is 0 Å². The lowest BCUT2D eigenvalue weighted by Crippen LogP contribution is -2.14. The van der Waals surface area contributed by atoms with Crippen molar-refractivity contribution in [1.82, 2.24) is 4.98 Å². The number of pyridine rings is 1. The first-order chi connectivity index (χ1) is 9.74. The van der Waals surface area contributed by atoms with Gasteiger partial charge in [-0.3, -0.25) is 0 Å². The largest absolute Gasteiger partial charge is 0.468 e. The van der Waals surface area contributed by atoms with Crippen LogP contribution in [0.4, 0.5) is 0 Å². The monoisotopic (exact) mass is 267 g/mol. The Labute approximate surface area is 118 Å². The minimum absolute atomic E-state index is 0.192. The second kappa shape index (κ2) is 6.69. The fourth-order valence-electron chi connectivity index (χ4n) is 1.96. The number of aryl methyl sites for hydroxylation is 1. The standard InChI is InChI=1S/C16H17N3O/c1-12-7-8-14(11-18)16(19-12)20-15(9-10-17)13-5-3-2-4-6-13/h2-8,15H,9-10,17H2,1H3/t15-/m1/s1. The van der Waals surface area contributed by atoms with Gasteiger partial charge in [-0.25, -0.2) is 4.98 Å². The Kier molecular flexibility index (Phi) is 4.70. The van der Waals surface area contributed by atoms with Gasteiger partial charge in [-0.2, -0.15) is 5.26 Å². The van der Waals surface area contributed by atoms with E-state index in [2.05, 4.69) is 11.1 Å². The van der Waals surface area contributed by atoms with Crippen molar-refractivity contribution >= 4 is 0 Å². The van der Waals surface area contributed by atoms with Crippen molar-refractivity contribution in [1.29, 1.82) is 5.26 Å². The summed E-state index contributed by atoms with van der Waals surface area (Å²) in [6, 6.07) is 15.5. The predicted molar refractivity (Wildman–Crippen MR) is 77.2 cm³/mol. The molecule has 0 unspecified atom stereocenters. The summed E-state index contributed by atoms with van der Waals surface area (Å²) >= 11 is 0. The third-order valence-corrected chi connectivity index (χ3v) is 2.97. The second-order valence-electron chi connectivity index (χ2n) is 4.51. The van der Waals surface area contributed by atoms with E-state index in [-0.39, 0.29) is 6.10 Å². The van der Waals surface area contributed by atoms with Crippen LogP contribution in [0.2, 0.25) is 0 Å². The molecule has 2 rings (SSSR count). The highest BCUT2D eigenvalue weighted by atomic mass is 16.5. The van der Waals surface area contributed by atoms with Crippen LogP contribution in [0.1, 0.15) is 29.3 Å². The molecule has 102 valence electrons. The van der Waals surface area contributed by atoms with Crippen LogP contribution in [0.25, 0.3) is 0 Å². The van der Waals surface area contributed by atoms with Crippen molar-refractivity contribution in [3.05, 3.63) is 59.3 Å². The fraction of sp³-hybridized carbons (Fsp3) is 0.250. The van der Waals surface area contributed by atoms with Crippen LogP contribution in [0.3, 0.4) is 0 Å². The number of benzene rings is 1. The van der Waals surface area contributed by atoms with Gasteiger partial charge in [0.05, 0.1) is 0 Å². The van der Waals surface area contributed by atoms with E-state index in [0.29, 0.717) is 24.4 Å². The van der Waals surface area contributed by atoms with Gasteiger partial charge in [0.25, 0.3) is 0 Å². The van der Waals surface area contributed by atoms with Crippen molar-refractivity contribution in [2.75, 3.05) is 6.54 Å². The molecule has 0 spiro atoms. The van der Waals surface area contributed by atoms with Crippen LogP contribution in [0.15, 0.2) is 42.5 Å². The van der Waals surface area contributed by atoms with Crippen LogP contribution < -0.4 is 10.5 Å². The molecule has 20 heavy (non-hydrogen) atoms. The van der Waals surface area contributed by atoms with Crippen molar-refractivity contribution in [2.45, 2.75) is 19.4 Å². The number of nitrogens with two attached hydrogens (primary N) is 1. The molecule has 1 atom stereocenters. The van der Waals surface area contributed by atoms with Crippen LogP contribution in [-0.4, -0.2) is 11.5 Å². The number of nitriles is 1. The molecular formula is C16H17N3O. The van der Waals surface area contributed by atoms with Crippen LogP contribution >= 0.6 is 0 Å². The van der Waals surface area contributed by atoms with Gasteiger partial charge in [0.15, 0.2) is 0 Å². The Hall–Kier alpha value is -2.38. The first-order valence-electron chi connectivity index (χ1n) is 6.54. The highest BCUT2D eigenvalue weighted by molar-refractivity contribution is 5.39. The molecule has 1 aromatic heterocycles. The number of nitrogens with zero attached hydrogens (tertiary/aromatic N) is 2. The molecule has 4 heteroatoms. The fourth-order valence-corrected chi connectivity index (χ4v) is 1.96. The average Bonchev–Trinajstić information content (AvgIpc) is 2.48. The maximum atomic E-state index is 9.13. The summed E-state index contributed by atoms with van der Waals surface area (Å²) in [5, 5.41) is 9.13. The molecule has 2 N–H and O–H groups in total. The molecule has 0 saturated heterocycles. The summed E-state index contributed by atoms with van der Waals surface area (Å²) < 4.78 is 5.93. The quantitative estimate of drug-likeness (QED) is 0.904. The second-order valence-corrected chi connectivity index (χ2v) is 4.51. The number of hydrogen-bond acceptors (Lipinski definition) is 4. The molecule has 0 saturated carbocycles. The van der Waals surface area contributed by atoms with Gasteiger partial charge in [-0.05, 0) is 31.2 Å². The Morgan fingerprint density at radius 1 is 1.25 bits per heavy atom. The SMILES string of the molecule is Cc1ccc(C#N)c(O[C@H](CCN)c2ccccc2)n1. The highest BCUT2D eigenvalue weighted by Crippen LogP contribution is 2.25. The molecule has 1 aromatic carbocycles. The summed E-state index contributed by atoms with van der Waals surface area (Å²) in [6.07, 6.45) is 0.479. The molecule has 0 aliphatic carbocycles. The van der Waals surface area contributed by atoms with Crippen molar-refractivity contribution in [3.8, 4) is 11.9 Å². The lowest BCUT2D eigenvalue weighted by atomic mass is 10.1. The van der Waals surface area contributed by atoms with Crippen molar-refractivity contribution in [3.63, 3.8) is 0 Å². The Morgan fingerprint density at radius 3 is 2.65 bits per heavy atom. The van der Waals surface area contributed by atoms with Gasteiger partial charge in [-0.15, -0.1) is 0 Å². The number of hydrogen-bond donors (Lipinski definition) is 1. The topological polar surface area (TPSA) is 71.9 Å². The molecular weight excluding hydrogens is 250 g/mol. The number of rotatable bonds is 5. The van der Waals surface area contributed by atoms with E-state index in [1.54, 1.807) is 12.1 Å². The minimum Gasteiger partial charge on any atom is -0.468 e. The zero-order valence-electron chi connectivity index (χ0n) is 11.4. The third-order valence-electron chi connectivity index (χ3n) is 2.97. The normalized spacial score (nSPS) is 11.7. The highest BCUT2D eigenvalue weighted by Gasteiger charge is 2.15. The van der Waals surface area contributed by atoms with E-state index in [1.165, 1.54) is 0 Å². The molecule has 1 heterocycles. The molecule has 0 amide bonds. The first-order valence-corrected chi connectivity index (χ1v) is 6.54. The summed E-state index contributed by atoms with van der Waals surface area (Å²) in [6.45, 7) is 2.38. The van der Waals surface area contributed by atoms with E-state index < -0.39 is 0 Å². The summed E-state index contributed by atoms with van der Waals surface area (Å²) in [5.74, 6) is 0.370. The lowest BCUT2D eigenvalue weighted by Gasteiger charge is -2.19.